The van der Waals surface area contributed by atoms with E-state index in [1.807, 2.05) is 60.7 Å². The summed E-state index contributed by atoms with van der Waals surface area (Å²) in [7, 11) is 0. The lowest BCUT2D eigenvalue weighted by Crippen LogP contribution is -2.24. The Balaban J connectivity index is 1.46. The molecule has 0 saturated heterocycles. The Labute approximate surface area is 234 Å². The monoisotopic (exact) mass is 541 g/mol. The average Bonchev–Trinajstić information content (AvgIpc) is 3.30. The lowest BCUT2D eigenvalue weighted by atomic mass is 9.72. The number of benzene rings is 3. The standard InChI is InChI=1S/C33H35NO4S/c1-21(34-38-22(2)35)23-8-13-27(14-9-23)39-28-15-10-24(11-16-28)31(36)30-19-25-18-26(12-17-29(25)37-30)33(6,7)20-32(3,4)5/h8-19H,20H2,1-7H3. The van der Waals surface area contributed by atoms with Gasteiger partial charge in [-0.25, -0.2) is 4.79 Å². The van der Waals surface area contributed by atoms with Crippen LogP contribution in [0.25, 0.3) is 11.0 Å². The third kappa shape index (κ3) is 7.27. The minimum absolute atomic E-state index is 0.0119. The predicted molar refractivity (Wildman–Crippen MR) is 158 cm³/mol. The van der Waals surface area contributed by atoms with Crippen LogP contribution in [-0.4, -0.2) is 17.5 Å². The molecule has 0 aliphatic heterocycles. The van der Waals surface area contributed by atoms with E-state index in [0.29, 0.717) is 17.0 Å². The third-order valence-corrected chi connectivity index (χ3v) is 7.44. The van der Waals surface area contributed by atoms with Crippen molar-refractivity contribution in [2.75, 3.05) is 0 Å². The van der Waals surface area contributed by atoms with Crippen LogP contribution >= 0.6 is 11.8 Å². The summed E-state index contributed by atoms with van der Waals surface area (Å²) in [6.07, 6.45) is 1.05. The maximum absolute atomic E-state index is 13.2. The topological polar surface area (TPSA) is 68.9 Å². The highest BCUT2D eigenvalue weighted by molar-refractivity contribution is 7.99. The highest BCUT2D eigenvalue weighted by Crippen LogP contribution is 2.38. The summed E-state index contributed by atoms with van der Waals surface area (Å²) in [4.78, 5) is 30.9. The summed E-state index contributed by atoms with van der Waals surface area (Å²) in [6, 6.07) is 23.5. The minimum Gasteiger partial charge on any atom is -0.453 e. The summed E-state index contributed by atoms with van der Waals surface area (Å²) >= 11 is 1.59. The first-order chi connectivity index (χ1) is 18.3. The first-order valence-corrected chi connectivity index (χ1v) is 13.8. The van der Waals surface area contributed by atoms with Gasteiger partial charge in [0.05, 0.1) is 5.71 Å². The van der Waals surface area contributed by atoms with Gasteiger partial charge in [-0.1, -0.05) is 69.7 Å². The number of hydrogen-bond donors (Lipinski definition) is 0. The Morgan fingerprint density at radius 2 is 1.41 bits per heavy atom. The van der Waals surface area contributed by atoms with Crippen molar-refractivity contribution in [3.63, 3.8) is 0 Å². The Kier molecular flexibility index (Phi) is 8.17. The van der Waals surface area contributed by atoms with Crippen LogP contribution in [0.2, 0.25) is 0 Å². The van der Waals surface area contributed by atoms with E-state index in [2.05, 4.69) is 51.9 Å². The Hall–Kier alpha value is -3.64. The summed E-state index contributed by atoms with van der Waals surface area (Å²) in [5, 5.41) is 4.77. The number of ketones is 1. The summed E-state index contributed by atoms with van der Waals surface area (Å²) in [5.74, 6) is -0.240. The molecule has 3 aromatic carbocycles. The van der Waals surface area contributed by atoms with Gasteiger partial charge in [0.15, 0.2) is 5.76 Å². The molecule has 1 heterocycles. The fourth-order valence-electron chi connectivity index (χ4n) is 4.91. The molecule has 0 radical (unpaired) electrons. The first kappa shape index (κ1) is 28.4. The van der Waals surface area contributed by atoms with E-state index in [9.17, 15) is 9.59 Å². The molecule has 0 N–H and O–H groups in total. The second-order valence-electron chi connectivity index (χ2n) is 11.7. The van der Waals surface area contributed by atoms with E-state index in [1.54, 1.807) is 18.7 Å². The van der Waals surface area contributed by atoms with Crippen LogP contribution in [0.3, 0.4) is 0 Å². The van der Waals surface area contributed by atoms with Crippen molar-refractivity contribution in [2.45, 2.75) is 70.1 Å². The van der Waals surface area contributed by atoms with Crippen LogP contribution in [0.1, 0.15) is 82.1 Å². The number of furan rings is 1. The third-order valence-electron chi connectivity index (χ3n) is 6.43. The average molecular weight is 542 g/mol. The molecule has 39 heavy (non-hydrogen) atoms. The van der Waals surface area contributed by atoms with Crippen molar-refractivity contribution in [3.8, 4) is 0 Å². The van der Waals surface area contributed by atoms with Gasteiger partial charge in [0.2, 0.25) is 5.78 Å². The van der Waals surface area contributed by atoms with Gasteiger partial charge in [-0.05, 0) is 89.9 Å². The zero-order valence-electron chi connectivity index (χ0n) is 23.6. The number of rotatable bonds is 8. The molecular weight excluding hydrogens is 506 g/mol. The Bertz CT molecular complexity index is 1520. The van der Waals surface area contributed by atoms with Crippen molar-refractivity contribution in [3.05, 3.63) is 95.2 Å². The van der Waals surface area contributed by atoms with Gasteiger partial charge >= 0.3 is 5.97 Å². The normalized spacial score (nSPS) is 12.5. The van der Waals surface area contributed by atoms with Crippen molar-refractivity contribution in [1.82, 2.24) is 0 Å². The second kappa shape index (κ2) is 11.2. The van der Waals surface area contributed by atoms with E-state index in [4.69, 9.17) is 9.25 Å². The van der Waals surface area contributed by atoms with E-state index >= 15 is 0 Å². The maximum atomic E-state index is 13.2. The Morgan fingerprint density at radius 1 is 0.821 bits per heavy atom. The number of oxime groups is 1. The van der Waals surface area contributed by atoms with E-state index < -0.39 is 5.97 Å². The van der Waals surface area contributed by atoms with Crippen molar-refractivity contribution < 1.29 is 18.8 Å². The molecule has 0 saturated carbocycles. The molecule has 5 nitrogen and oxygen atoms in total. The molecule has 0 fully saturated rings. The molecular formula is C33H35NO4S. The SMILES string of the molecule is CC(=O)ON=C(C)c1ccc(Sc2ccc(C(=O)c3cc4cc(C(C)(C)CC(C)(C)C)ccc4o3)cc2)cc1. The molecule has 0 atom stereocenters. The van der Waals surface area contributed by atoms with Crippen LogP contribution in [0.15, 0.2) is 92.2 Å². The van der Waals surface area contributed by atoms with Gasteiger partial charge < -0.3 is 9.25 Å². The van der Waals surface area contributed by atoms with Crippen molar-refractivity contribution >= 4 is 40.2 Å². The molecule has 6 heteroatoms. The largest absolute Gasteiger partial charge is 0.453 e. The smallest absolute Gasteiger partial charge is 0.331 e. The molecule has 0 unspecified atom stereocenters. The number of carbonyl (C=O) groups excluding carboxylic acids is 2. The van der Waals surface area contributed by atoms with Gasteiger partial charge in [-0.15, -0.1) is 0 Å². The maximum Gasteiger partial charge on any atom is 0.331 e. The van der Waals surface area contributed by atoms with Crippen molar-refractivity contribution in [1.29, 1.82) is 0 Å². The van der Waals surface area contributed by atoms with Gasteiger partial charge in [0.1, 0.15) is 5.58 Å². The molecule has 202 valence electrons. The molecule has 0 amide bonds. The quantitative estimate of drug-likeness (QED) is 0.0965. The van der Waals surface area contributed by atoms with Crippen LogP contribution in [0, 0.1) is 5.41 Å². The molecule has 4 rings (SSSR count). The van der Waals surface area contributed by atoms with Gasteiger partial charge in [-0.2, -0.15) is 0 Å². The number of nitrogens with zero attached hydrogens (tertiary/aromatic N) is 1. The molecule has 0 aliphatic carbocycles. The van der Waals surface area contributed by atoms with Crippen molar-refractivity contribution in [2.24, 2.45) is 10.6 Å². The Morgan fingerprint density at radius 3 is 1.97 bits per heavy atom. The molecule has 1 aromatic heterocycles. The highest BCUT2D eigenvalue weighted by atomic mass is 32.2. The van der Waals surface area contributed by atoms with Crippen LogP contribution in [0.4, 0.5) is 0 Å². The van der Waals surface area contributed by atoms with Gasteiger partial charge in [-0.3, -0.25) is 4.79 Å². The molecule has 0 spiro atoms. The molecule has 0 aliphatic rings. The zero-order valence-corrected chi connectivity index (χ0v) is 24.4. The van der Waals surface area contributed by atoms with Crippen LogP contribution in [0.5, 0.6) is 0 Å². The van der Waals surface area contributed by atoms with Crippen LogP contribution < -0.4 is 0 Å². The minimum atomic E-state index is -0.450. The number of hydrogen-bond acceptors (Lipinski definition) is 6. The lowest BCUT2D eigenvalue weighted by Gasteiger charge is -2.33. The summed E-state index contributed by atoms with van der Waals surface area (Å²) < 4.78 is 5.95. The molecule has 4 aromatic rings. The summed E-state index contributed by atoms with van der Waals surface area (Å²) in [5.41, 5.74) is 4.27. The highest BCUT2D eigenvalue weighted by Gasteiger charge is 2.28. The summed E-state index contributed by atoms with van der Waals surface area (Å²) in [6.45, 7) is 14.4. The van der Waals surface area contributed by atoms with E-state index in [1.165, 1.54) is 12.5 Å². The predicted octanol–water partition coefficient (Wildman–Crippen LogP) is 8.82. The number of carbonyl (C=O) groups is 2. The number of fused-ring (bicyclic) bond motifs is 1. The fourth-order valence-corrected chi connectivity index (χ4v) is 5.72. The second-order valence-corrected chi connectivity index (χ2v) is 12.9. The fraction of sp³-hybridized carbons (Fsp3) is 0.303. The zero-order chi connectivity index (χ0) is 28.4. The first-order valence-electron chi connectivity index (χ1n) is 13.0. The van der Waals surface area contributed by atoms with Gasteiger partial charge in [0.25, 0.3) is 0 Å². The van der Waals surface area contributed by atoms with Crippen LogP contribution in [-0.2, 0) is 15.0 Å². The van der Waals surface area contributed by atoms with E-state index in [-0.39, 0.29) is 16.6 Å². The van der Waals surface area contributed by atoms with E-state index in [0.717, 1.165) is 32.7 Å². The van der Waals surface area contributed by atoms with Gasteiger partial charge in [0, 0.05) is 27.7 Å². The lowest BCUT2D eigenvalue weighted by molar-refractivity contribution is -0.140. The molecule has 0 bridgehead atoms.